The molecule has 0 aliphatic carbocycles. The maximum Gasteiger partial charge on any atom is 0.356 e. The van der Waals surface area contributed by atoms with Crippen molar-refractivity contribution in [3.63, 3.8) is 0 Å². The standard InChI is InChI=1S/C23H18FNO3/c1-15-7-9-16(10-8-15)14-25-20-12-11-17(24)13-19(20)22(21(25)23(26)27)28-18-5-3-2-4-6-18/h2-13H,14H2,1H3,(H,26,27). The number of carbonyl (C=O) groups is 1. The lowest BCUT2D eigenvalue weighted by atomic mass is 10.1. The molecule has 0 radical (unpaired) electrons. The third kappa shape index (κ3) is 3.34. The quantitative estimate of drug-likeness (QED) is 0.492. The van der Waals surface area contributed by atoms with Crippen LogP contribution in [0.1, 0.15) is 21.6 Å². The number of carboxylic acid groups (broad SMARTS) is 1. The van der Waals surface area contributed by atoms with E-state index in [2.05, 4.69) is 0 Å². The van der Waals surface area contributed by atoms with Crippen LogP contribution in [0.2, 0.25) is 0 Å². The maximum absolute atomic E-state index is 14.0. The molecule has 28 heavy (non-hydrogen) atoms. The minimum atomic E-state index is -1.13. The summed E-state index contributed by atoms with van der Waals surface area (Å²) in [6.07, 6.45) is 0. The van der Waals surface area contributed by atoms with E-state index in [0.717, 1.165) is 11.1 Å². The van der Waals surface area contributed by atoms with Crippen LogP contribution in [0.3, 0.4) is 0 Å². The van der Waals surface area contributed by atoms with Crippen molar-refractivity contribution in [2.45, 2.75) is 13.5 Å². The Morgan fingerprint density at radius 2 is 1.75 bits per heavy atom. The highest BCUT2D eigenvalue weighted by Crippen LogP contribution is 2.37. The molecule has 4 nitrogen and oxygen atoms in total. The summed E-state index contributed by atoms with van der Waals surface area (Å²) < 4.78 is 21.5. The fourth-order valence-corrected chi connectivity index (χ4v) is 3.26. The lowest BCUT2D eigenvalue weighted by Crippen LogP contribution is -2.10. The van der Waals surface area contributed by atoms with Crippen LogP contribution in [0.25, 0.3) is 10.9 Å². The molecular weight excluding hydrogens is 357 g/mol. The Kier molecular flexibility index (Phi) is 4.57. The van der Waals surface area contributed by atoms with E-state index in [9.17, 15) is 14.3 Å². The van der Waals surface area contributed by atoms with Gasteiger partial charge in [-0.25, -0.2) is 9.18 Å². The Morgan fingerprint density at radius 3 is 2.43 bits per heavy atom. The molecule has 0 unspecified atom stereocenters. The second-order valence-electron chi connectivity index (χ2n) is 6.63. The Hall–Kier alpha value is -3.60. The minimum absolute atomic E-state index is 0.00923. The molecule has 140 valence electrons. The van der Waals surface area contributed by atoms with Gasteiger partial charge in [-0.2, -0.15) is 0 Å². The van der Waals surface area contributed by atoms with Gasteiger partial charge in [0.1, 0.15) is 11.6 Å². The topological polar surface area (TPSA) is 51.5 Å². The summed E-state index contributed by atoms with van der Waals surface area (Å²) in [5.41, 5.74) is 2.66. The van der Waals surface area contributed by atoms with Crippen LogP contribution in [0.15, 0.2) is 72.8 Å². The normalized spacial score (nSPS) is 10.9. The molecule has 0 saturated carbocycles. The zero-order valence-corrected chi connectivity index (χ0v) is 15.2. The summed E-state index contributed by atoms with van der Waals surface area (Å²) in [5.74, 6) is -0.951. The molecule has 5 heteroatoms. The van der Waals surface area contributed by atoms with Gasteiger partial charge in [-0.05, 0) is 42.8 Å². The second-order valence-corrected chi connectivity index (χ2v) is 6.63. The van der Waals surface area contributed by atoms with Crippen molar-refractivity contribution < 1.29 is 19.0 Å². The van der Waals surface area contributed by atoms with Gasteiger partial charge in [0.05, 0.1) is 5.52 Å². The summed E-state index contributed by atoms with van der Waals surface area (Å²) >= 11 is 0. The predicted molar refractivity (Wildman–Crippen MR) is 106 cm³/mol. The molecule has 0 saturated heterocycles. The molecule has 4 aromatic rings. The first kappa shape index (κ1) is 17.8. The van der Waals surface area contributed by atoms with Crippen molar-refractivity contribution in [1.29, 1.82) is 0 Å². The largest absolute Gasteiger partial charge is 0.476 e. The van der Waals surface area contributed by atoms with Gasteiger partial charge in [0.15, 0.2) is 11.4 Å². The van der Waals surface area contributed by atoms with Crippen LogP contribution in [0.5, 0.6) is 11.5 Å². The molecular formula is C23H18FNO3. The Labute approximate surface area is 161 Å². The third-order valence-corrected chi connectivity index (χ3v) is 4.61. The molecule has 0 atom stereocenters. The number of halogens is 1. The zero-order valence-electron chi connectivity index (χ0n) is 15.2. The molecule has 3 aromatic carbocycles. The number of aromatic nitrogens is 1. The highest BCUT2D eigenvalue weighted by molar-refractivity contribution is 6.01. The molecule has 1 heterocycles. The SMILES string of the molecule is Cc1ccc(Cn2c(C(=O)O)c(Oc3ccccc3)c3cc(F)ccc32)cc1. The van der Waals surface area contributed by atoms with Gasteiger partial charge >= 0.3 is 5.97 Å². The molecule has 0 aliphatic heterocycles. The predicted octanol–water partition coefficient (Wildman–Crippen LogP) is 5.63. The van der Waals surface area contributed by atoms with Gasteiger partial charge in [-0.3, -0.25) is 0 Å². The number of ether oxygens (including phenoxy) is 1. The molecule has 1 aromatic heterocycles. The van der Waals surface area contributed by atoms with Gasteiger partial charge in [-0.15, -0.1) is 0 Å². The van der Waals surface area contributed by atoms with Crippen molar-refractivity contribution in [1.82, 2.24) is 4.57 Å². The van der Waals surface area contributed by atoms with E-state index in [1.54, 1.807) is 34.9 Å². The number of carboxylic acids is 1. The van der Waals surface area contributed by atoms with Crippen molar-refractivity contribution in [3.05, 3.63) is 95.4 Å². The third-order valence-electron chi connectivity index (χ3n) is 4.61. The van der Waals surface area contributed by atoms with Crippen molar-refractivity contribution in [2.24, 2.45) is 0 Å². The lowest BCUT2D eigenvalue weighted by Gasteiger charge is -2.10. The first-order valence-corrected chi connectivity index (χ1v) is 8.86. The monoisotopic (exact) mass is 375 g/mol. The molecule has 1 N–H and O–H groups in total. The van der Waals surface area contributed by atoms with Crippen molar-refractivity contribution in [3.8, 4) is 11.5 Å². The molecule has 0 fully saturated rings. The zero-order chi connectivity index (χ0) is 19.7. The number of fused-ring (bicyclic) bond motifs is 1. The molecule has 4 rings (SSSR count). The minimum Gasteiger partial charge on any atom is -0.476 e. The first-order valence-electron chi connectivity index (χ1n) is 8.86. The smallest absolute Gasteiger partial charge is 0.356 e. The van der Waals surface area contributed by atoms with E-state index in [-0.39, 0.29) is 11.4 Å². The number of aryl methyl sites for hydroxylation is 1. The highest BCUT2D eigenvalue weighted by atomic mass is 19.1. The van der Waals surface area contributed by atoms with Gasteiger partial charge in [0.25, 0.3) is 0 Å². The Balaban J connectivity index is 1.91. The molecule has 0 spiro atoms. The molecule has 0 aliphatic rings. The van der Waals surface area contributed by atoms with Gasteiger partial charge in [0, 0.05) is 11.9 Å². The Bertz CT molecular complexity index is 1150. The Morgan fingerprint density at radius 1 is 1.04 bits per heavy atom. The number of rotatable bonds is 5. The van der Waals surface area contributed by atoms with E-state index in [1.807, 2.05) is 37.3 Å². The average molecular weight is 375 g/mol. The van der Waals surface area contributed by atoms with Crippen LogP contribution in [-0.2, 0) is 6.54 Å². The number of benzene rings is 3. The van der Waals surface area contributed by atoms with Gasteiger partial charge in [-0.1, -0.05) is 48.0 Å². The molecule has 0 bridgehead atoms. The van der Waals surface area contributed by atoms with Crippen LogP contribution < -0.4 is 4.74 Å². The first-order chi connectivity index (χ1) is 13.5. The number of hydrogen-bond donors (Lipinski definition) is 1. The number of para-hydroxylation sites is 1. The van der Waals surface area contributed by atoms with Crippen molar-refractivity contribution >= 4 is 16.9 Å². The lowest BCUT2D eigenvalue weighted by molar-refractivity contribution is 0.0683. The molecule has 0 amide bonds. The van der Waals surface area contributed by atoms with Crippen LogP contribution >= 0.6 is 0 Å². The fraction of sp³-hybridized carbons (Fsp3) is 0.0870. The number of hydrogen-bond acceptors (Lipinski definition) is 2. The second kappa shape index (κ2) is 7.19. The summed E-state index contributed by atoms with van der Waals surface area (Å²) in [7, 11) is 0. The number of aromatic carboxylic acids is 1. The summed E-state index contributed by atoms with van der Waals surface area (Å²) in [4.78, 5) is 12.1. The van der Waals surface area contributed by atoms with Crippen LogP contribution in [-0.4, -0.2) is 15.6 Å². The highest BCUT2D eigenvalue weighted by Gasteiger charge is 2.25. The maximum atomic E-state index is 14.0. The van der Waals surface area contributed by atoms with E-state index in [4.69, 9.17) is 4.74 Å². The van der Waals surface area contributed by atoms with Gasteiger partial charge < -0.3 is 14.4 Å². The summed E-state index contributed by atoms with van der Waals surface area (Å²) in [6.45, 7) is 2.33. The van der Waals surface area contributed by atoms with Crippen LogP contribution in [0, 0.1) is 12.7 Å². The average Bonchev–Trinajstić information content (AvgIpc) is 2.97. The van der Waals surface area contributed by atoms with Crippen molar-refractivity contribution in [2.75, 3.05) is 0 Å². The number of nitrogens with zero attached hydrogens (tertiary/aromatic N) is 1. The fourth-order valence-electron chi connectivity index (χ4n) is 3.26. The van der Waals surface area contributed by atoms with Crippen LogP contribution in [0.4, 0.5) is 4.39 Å². The van der Waals surface area contributed by atoms with Gasteiger partial charge in [0.2, 0.25) is 0 Å². The summed E-state index contributed by atoms with van der Waals surface area (Å²) in [6, 6.07) is 21.0. The van der Waals surface area contributed by atoms with E-state index in [1.165, 1.54) is 12.1 Å². The summed E-state index contributed by atoms with van der Waals surface area (Å²) in [5, 5.41) is 10.3. The van der Waals surface area contributed by atoms with E-state index in [0.29, 0.717) is 23.2 Å². The van der Waals surface area contributed by atoms with E-state index >= 15 is 0 Å². The van der Waals surface area contributed by atoms with E-state index < -0.39 is 11.8 Å².